The summed E-state index contributed by atoms with van der Waals surface area (Å²) in [6.45, 7) is 0. The van der Waals surface area contributed by atoms with Crippen molar-refractivity contribution in [3.8, 4) is 0 Å². The van der Waals surface area contributed by atoms with Gasteiger partial charge in [-0.15, -0.1) is 0 Å². The third-order valence-corrected chi connectivity index (χ3v) is 4.38. The maximum Gasteiger partial charge on any atom is 0.0543 e. The van der Waals surface area contributed by atoms with Gasteiger partial charge in [0, 0.05) is 22.5 Å². The molecule has 0 spiro atoms. The molecule has 0 aromatic heterocycles. The molecule has 0 amide bonds. The minimum Gasteiger partial charge on any atom is -0.314 e. The van der Waals surface area contributed by atoms with Crippen LogP contribution < -0.4 is 4.90 Å². The van der Waals surface area contributed by atoms with E-state index in [0.717, 1.165) is 18.4 Å². The summed E-state index contributed by atoms with van der Waals surface area (Å²) in [7, 11) is 0. The highest BCUT2D eigenvalue weighted by molar-refractivity contribution is 5.86. The van der Waals surface area contributed by atoms with Crippen molar-refractivity contribution in [1.82, 2.24) is 0 Å². The fourth-order valence-electron chi connectivity index (χ4n) is 3.22. The smallest absolute Gasteiger partial charge is 0.0543 e. The van der Waals surface area contributed by atoms with Gasteiger partial charge in [-0.3, -0.25) is 0 Å². The molecular weight excluding hydrogens is 302 g/mol. The summed E-state index contributed by atoms with van der Waals surface area (Å²) in [5, 5.41) is 0. The van der Waals surface area contributed by atoms with Crippen LogP contribution in [-0.2, 0) is 0 Å². The second kappa shape index (κ2) is 7.11. The van der Waals surface area contributed by atoms with Crippen LogP contribution in [0.5, 0.6) is 0 Å². The van der Waals surface area contributed by atoms with Gasteiger partial charge in [-0.05, 0) is 49.3 Å². The molecule has 2 aromatic carbocycles. The summed E-state index contributed by atoms with van der Waals surface area (Å²) >= 11 is 0. The zero-order chi connectivity index (χ0) is 16.9. The fraction of sp³-hybridized carbons (Fsp3) is 0.0833. The SMILES string of the molecule is C1=C=C(c2ccccc2N(C2=CC=CCC2)c2ccccc2)C=CC=1. The highest BCUT2D eigenvalue weighted by Gasteiger charge is 2.19. The highest BCUT2D eigenvalue weighted by atomic mass is 15.1. The van der Waals surface area contributed by atoms with Crippen molar-refractivity contribution in [2.75, 3.05) is 4.90 Å². The molecule has 0 aliphatic heterocycles. The molecular formula is C24H19N. The first kappa shape index (κ1) is 15.3. The number of para-hydroxylation sites is 2. The molecule has 120 valence electrons. The highest BCUT2D eigenvalue weighted by Crippen LogP contribution is 2.37. The molecule has 0 N–H and O–H groups in total. The first-order valence-electron chi connectivity index (χ1n) is 8.62. The molecule has 0 radical (unpaired) electrons. The van der Waals surface area contributed by atoms with E-state index in [0.29, 0.717) is 0 Å². The van der Waals surface area contributed by atoms with E-state index >= 15 is 0 Å². The maximum absolute atomic E-state index is 3.25. The minimum absolute atomic E-state index is 1.03. The molecule has 2 aliphatic rings. The molecule has 0 fully saturated rings. The third kappa shape index (κ3) is 3.20. The molecule has 1 heteroatoms. The predicted molar refractivity (Wildman–Crippen MR) is 106 cm³/mol. The third-order valence-electron chi connectivity index (χ3n) is 4.38. The molecule has 0 unspecified atom stereocenters. The van der Waals surface area contributed by atoms with Crippen molar-refractivity contribution in [3.05, 3.63) is 114 Å². The average Bonchev–Trinajstić information content (AvgIpc) is 2.71. The Morgan fingerprint density at radius 2 is 1.72 bits per heavy atom. The van der Waals surface area contributed by atoms with Gasteiger partial charge in [0.15, 0.2) is 0 Å². The minimum atomic E-state index is 1.03. The van der Waals surface area contributed by atoms with Crippen LogP contribution in [0.2, 0.25) is 0 Å². The Kier molecular flexibility index (Phi) is 4.35. The van der Waals surface area contributed by atoms with Crippen LogP contribution in [0.1, 0.15) is 18.4 Å². The van der Waals surface area contributed by atoms with Gasteiger partial charge in [-0.25, -0.2) is 0 Å². The number of allylic oxidation sites excluding steroid dienone is 8. The van der Waals surface area contributed by atoms with Crippen molar-refractivity contribution in [1.29, 1.82) is 0 Å². The summed E-state index contributed by atoms with van der Waals surface area (Å²) in [6.07, 6.45) is 14.7. The zero-order valence-electron chi connectivity index (χ0n) is 14.0. The van der Waals surface area contributed by atoms with E-state index in [1.807, 2.05) is 12.2 Å². The van der Waals surface area contributed by atoms with Gasteiger partial charge in [0.25, 0.3) is 0 Å². The van der Waals surface area contributed by atoms with E-state index in [2.05, 4.69) is 95.3 Å². The van der Waals surface area contributed by atoms with Crippen LogP contribution in [0.3, 0.4) is 0 Å². The Morgan fingerprint density at radius 1 is 0.880 bits per heavy atom. The van der Waals surface area contributed by atoms with Gasteiger partial charge < -0.3 is 4.90 Å². The molecule has 2 aliphatic carbocycles. The first-order chi connectivity index (χ1) is 12.4. The molecule has 0 saturated carbocycles. The Hall–Kier alpha value is -3.24. The van der Waals surface area contributed by atoms with Crippen LogP contribution in [-0.4, -0.2) is 0 Å². The standard InChI is InChI=1S/C24H19N/c1-4-12-20(13-5-1)23-18-10-11-19-24(23)25(21-14-6-2-7-15-21)22-16-8-3-9-17-22/h1-4,6-8,10-12,14-16,18-19H,9,17H2. The lowest BCUT2D eigenvalue weighted by Gasteiger charge is -2.30. The lowest BCUT2D eigenvalue weighted by molar-refractivity contribution is 0.917. The molecule has 4 rings (SSSR count). The van der Waals surface area contributed by atoms with Gasteiger partial charge in [0.2, 0.25) is 0 Å². The molecule has 1 nitrogen and oxygen atoms in total. The number of nitrogens with zero attached hydrogens (tertiary/aromatic N) is 1. The Bertz CT molecular complexity index is 960. The molecule has 0 atom stereocenters. The molecule has 0 heterocycles. The summed E-state index contributed by atoms with van der Waals surface area (Å²) in [6, 6.07) is 19.1. The van der Waals surface area contributed by atoms with E-state index in [4.69, 9.17) is 0 Å². The number of hydrogen-bond donors (Lipinski definition) is 0. The van der Waals surface area contributed by atoms with Crippen LogP contribution in [0.25, 0.3) is 5.57 Å². The summed E-state index contributed by atoms with van der Waals surface area (Å²) in [5.41, 5.74) is 12.2. The lowest BCUT2D eigenvalue weighted by atomic mass is 10.00. The van der Waals surface area contributed by atoms with Crippen molar-refractivity contribution in [2.24, 2.45) is 0 Å². The van der Waals surface area contributed by atoms with Crippen LogP contribution in [0, 0.1) is 0 Å². The van der Waals surface area contributed by atoms with E-state index in [1.54, 1.807) is 0 Å². The van der Waals surface area contributed by atoms with Gasteiger partial charge >= 0.3 is 0 Å². The van der Waals surface area contributed by atoms with E-state index < -0.39 is 0 Å². The van der Waals surface area contributed by atoms with Crippen LogP contribution in [0.15, 0.2) is 108 Å². The Balaban J connectivity index is 1.91. The number of rotatable bonds is 4. The summed E-state index contributed by atoms with van der Waals surface area (Å²) < 4.78 is 0. The maximum atomic E-state index is 3.25. The van der Waals surface area contributed by atoms with E-state index in [9.17, 15) is 0 Å². The summed E-state index contributed by atoms with van der Waals surface area (Å²) in [4.78, 5) is 2.36. The second-order valence-electron chi connectivity index (χ2n) is 6.02. The topological polar surface area (TPSA) is 3.24 Å². The largest absolute Gasteiger partial charge is 0.314 e. The van der Waals surface area contributed by atoms with Crippen molar-refractivity contribution < 1.29 is 0 Å². The number of benzene rings is 2. The quantitative estimate of drug-likeness (QED) is 0.595. The zero-order valence-corrected chi connectivity index (χ0v) is 14.0. The number of hydrogen-bond acceptors (Lipinski definition) is 1. The van der Waals surface area contributed by atoms with Gasteiger partial charge in [-0.2, -0.15) is 0 Å². The Labute approximate surface area is 148 Å². The molecule has 0 bridgehead atoms. The predicted octanol–water partition coefficient (Wildman–Crippen LogP) is 6.32. The number of anilines is 2. The fourth-order valence-corrected chi connectivity index (χ4v) is 3.22. The van der Waals surface area contributed by atoms with Gasteiger partial charge in [0.05, 0.1) is 5.69 Å². The van der Waals surface area contributed by atoms with E-state index in [-0.39, 0.29) is 0 Å². The molecule has 0 saturated heterocycles. The van der Waals surface area contributed by atoms with E-state index in [1.165, 1.54) is 22.6 Å². The van der Waals surface area contributed by atoms with Gasteiger partial charge in [-0.1, -0.05) is 66.1 Å². The van der Waals surface area contributed by atoms with Crippen LogP contribution in [0.4, 0.5) is 11.4 Å². The first-order valence-corrected chi connectivity index (χ1v) is 8.62. The van der Waals surface area contributed by atoms with Crippen molar-refractivity contribution in [3.63, 3.8) is 0 Å². The molecule has 25 heavy (non-hydrogen) atoms. The Morgan fingerprint density at radius 3 is 2.48 bits per heavy atom. The lowest BCUT2D eigenvalue weighted by Crippen LogP contribution is -2.18. The van der Waals surface area contributed by atoms with Gasteiger partial charge in [0.1, 0.15) is 0 Å². The van der Waals surface area contributed by atoms with Crippen molar-refractivity contribution >= 4 is 16.9 Å². The monoisotopic (exact) mass is 321 g/mol. The normalized spacial score (nSPS) is 15.0. The average molecular weight is 321 g/mol. The van der Waals surface area contributed by atoms with Crippen molar-refractivity contribution in [2.45, 2.75) is 12.8 Å². The van der Waals surface area contributed by atoms with Crippen LogP contribution >= 0.6 is 0 Å². The molecule has 2 aromatic rings. The summed E-state index contributed by atoms with van der Waals surface area (Å²) in [5.74, 6) is 0. The second-order valence-corrected chi connectivity index (χ2v) is 6.02.